The van der Waals surface area contributed by atoms with E-state index in [0.29, 0.717) is 5.92 Å². The molecule has 8 nitrogen and oxygen atoms in total. The van der Waals surface area contributed by atoms with Crippen molar-refractivity contribution in [1.29, 1.82) is 0 Å². The summed E-state index contributed by atoms with van der Waals surface area (Å²) in [5.74, 6) is -0.691. The molecule has 194 valence electrons. The summed E-state index contributed by atoms with van der Waals surface area (Å²) >= 11 is 0. The second-order valence-corrected chi connectivity index (χ2v) is 11.8. The first-order valence-electron chi connectivity index (χ1n) is 12.9. The van der Waals surface area contributed by atoms with Crippen molar-refractivity contribution in [3.05, 3.63) is 58.9 Å². The van der Waals surface area contributed by atoms with Gasteiger partial charge >= 0.3 is 0 Å². The van der Waals surface area contributed by atoms with Crippen LogP contribution in [0.15, 0.2) is 42.5 Å². The molecule has 2 N–H and O–H groups in total. The Kier molecular flexibility index (Phi) is 5.40. The normalized spacial score (nSPS) is 27.2. The molecular weight excluding hydrogens is 470 g/mol. The second-order valence-electron chi connectivity index (χ2n) is 11.8. The summed E-state index contributed by atoms with van der Waals surface area (Å²) in [6, 6.07) is 12.4. The molecule has 2 amide bonds. The molecule has 6 rings (SSSR count). The molecule has 37 heavy (non-hydrogen) atoms. The van der Waals surface area contributed by atoms with Crippen LogP contribution in [0.5, 0.6) is 5.75 Å². The number of nitrogens with one attached hydrogen (secondary N) is 1. The number of aromatic amines is 1. The molecule has 0 bridgehead atoms. The van der Waals surface area contributed by atoms with Gasteiger partial charge in [-0.1, -0.05) is 39.0 Å². The van der Waals surface area contributed by atoms with Crippen LogP contribution in [0.2, 0.25) is 0 Å². The fraction of sp³-hybridized carbons (Fsp3) is 0.448. The number of benzene rings is 2. The van der Waals surface area contributed by atoms with E-state index in [1.807, 2.05) is 18.2 Å². The summed E-state index contributed by atoms with van der Waals surface area (Å²) in [5, 5.41) is 21.6. The predicted molar refractivity (Wildman–Crippen MR) is 141 cm³/mol. The molecule has 0 spiro atoms. The van der Waals surface area contributed by atoms with Gasteiger partial charge in [0.05, 0.1) is 30.3 Å². The van der Waals surface area contributed by atoms with Crippen molar-refractivity contribution in [1.82, 2.24) is 4.98 Å². The van der Waals surface area contributed by atoms with Gasteiger partial charge in [-0.3, -0.25) is 14.8 Å². The smallest absolute Gasteiger partial charge is 0.243 e. The number of anilines is 2. The maximum absolute atomic E-state index is 14.2. The molecule has 3 aliphatic rings. The minimum Gasteiger partial charge on any atom is -0.733 e. The Morgan fingerprint density at radius 3 is 2.57 bits per heavy atom. The Bertz CT molecular complexity index is 1400. The van der Waals surface area contributed by atoms with Crippen molar-refractivity contribution in [2.24, 2.45) is 23.2 Å². The van der Waals surface area contributed by atoms with Crippen molar-refractivity contribution in [3.63, 3.8) is 0 Å². The zero-order chi connectivity index (χ0) is 26.2. The number of hydrogen-bond donors (Lipinski definition) is 2. The van der Waals surface area contributed by atoms with Gasteiger partial charge in [0.1, 0.15) is 5.75 Å². The van der Waals surface area contributed by atoms with Gasteiger partial charge in [-0.15, -0.1) is 0 Å². The van der Waals surface area contributed by atoms with Crippen molar-refractivity contribution < 1.29 is 19.5 Å². The average molecular weight is 503 g/mol. The number of nitrogens with zero attached hydrogens (tertiary/aromatic N) is 2. The first-order valence-corrected chi connectivity index (χ1v) is 12.9. The lowest BCUT2D eigenvalue weighted by molar-refractivity contribution is -0.123. The largest absolute Gasteiger partial charge is 0.733 e. The van der Waals surface area contributed by atoms with Crippen LogP contribution in [0.1, 0.15) is 63.1 Å². The Morgan fingerprint density at radius 1 is 1.11 bits per heavy atom. The van der Waals surface area contributed by atoms with Crippen LogP contribution < -0.4 is 14.9 Å². The zero-order valence-electron chi connectivity index (χ0n) is 21.5. The summed E-state index contributed by atoms with van der Waals surface area (Å²) in [7, 11) is 1.41. The van der Waals surface area contributed by atoms with E-state index in [-0.39, 0.29) is 51.4 Å². The lowest BCUT2D eigenvalue weighted by Gasteiger charge is -2.47. The number of amides is 2. The number of rotatable bonds is 3. The maximum atomic E-state index is 14.2. The average Bonchev–Trinajstić information content (AvgIpc) is 3.38. The van der Waals surface area contributed by atoms with Gasteiger partial charge in [-0.25, -0.2) is 4.90 Å². The third-order valence-corrected chi connectivity index (χ3v) is 9.02. The number of hydrogen-bond acceptors (Lipinski definition) is 6. The molecule has 1 saturated heterocycles. The van der Waals surface area contributed by atoms with Crippen molar-refractivity contribution in [3.8, 4) is 5.75 Å². The molecule has 2 aromatic carbocycles. The summed E-state index contributed by atoms with van der Waals surface area (Å²) in [6.07, 6.45) is 2.97. The third kappa shape index (κ3) is 3.49. The lowest BCUT2D eigenvalue weighted by Crippen LogP contribution is -2.41. The number of para-hydroxylation sites is 1. The summed E-state index contributed by atoms with van der Waals surface area (Å²) in [6.45, 7) is 6.78. The van der Waals surface area contributed by atoms with Gasteiger partial charge in [-0.05, 0) is 66.2 Å². The van der Waals surface area contributed by atoms with Crippen LogP contribution in [0.4, 0.5) is 11.4 Å². The van der Waals surface area contributed by atoms with Gasteiger partial charge in [0.2, 0.25) is 11.8 Å². The first kappa shape index (κ1) is 24.0. The van der Waals surface area contributed by atoms with E-state index in [4.69, 9.17) is 4.74 Å². The predicted octanol–water partition coefficient (Wildman–Crippen LogP) is 5.70. The quantitative estimate of drug-likeness (QED) is 0.351. The molecule has 5 unspecified atom stereocenters. The maximum Gasteiger partial charge on any atom is 0.243 e. The molecule has 2 aliphatic carbocycles. The van der Waals surface area contributed by atoms with E-state index in [1.54, 1.807) is 0 Å². The van der Waals surface area contributed by atoms with Gasteiger partial charge in [0, 0.05) is 22.7 Å². The number of H-pyrrole nitrogens is 1. The van der Waals surface area contributed by atoms with E-state index in [9.17, 15) is 20.0 Å². The molecule has 2 fully saturated rings. The highest BCUT2D eigenvalue weighted by Crippen LogP contribution is 2.60. The highest BCUT2D eigenvalue weighted by Gasteiger charge is 2.60. The van der Waals surface area contributed by atoms with Gasteiger partial charge in [-0.2, -0.15) is 0 Å². The molecule has 0 radical (unpaired) electrons. The summed E-state index contributed by atoms with van der Waals surface area (Å²) in [4.78, 5) is 33.1. The molecule has 1 saturated carbocycles. The Hall–Kier alpha value is -3.36. The van der Waals surface area contributed by atoms with E-state index in [1.165, 1.54) is 35.8 Å². The fourth-order valence-corrected chi connectivity index (χ4v) is 7.21. The van der Waals surface area contributed by atoms with Crippen LogP contribution in [0, 0.1) is 28.4 Å². The lowest BCUT2D eigenvalue weighted by atomic mass is 9.56. The molecule has 8 heteroatoms. The number of imide groups is 1. The highest BCUT2D eigenvalue weighted by molar-refractivity contribution is 6.25. The molecular formula is C29H32N3O5-. The second kappa shape index (κ2) is 8.33. The number of ether oxygens (including phenoxy) is 1. The third-order valence-electron chi connectivity index (χ3n) is 9.02. The van der Waals surface area contributed by atoms with Crippen LogP contribution in [-0.2, 0) is 9.59 Å². The van der Waals surface area contributed by atoms with Gasteiger partial charge in [0.15, 0.2) is 0 Å². The number of methoxy groups -OCH3 is 1. The SMILES string of the molecule is COc1cc(N([O-])O)ccc1N1C(=O)C2c3[nH]c4ccccc4c3C3CCC(C(C)(C)C)CC3C2C1=O. The number of fused-ring (bicyclic) bond motifs is 8. The van der Waals surface area contributed by atoms with Gasteiger partial charge in [0.25, 0.3) is 0 Å². The monoisotopic (exact) mass is 502 g/mol. The first-order chi connectivity index (χ1) is 17.6. The number of aromatic nitrogens is 1. The van der Waals surface area contributed by atoms with Crippen LogP contribution >= 0.6 is 0 Å². The molecule has 2 heterocycles. The van der Waals surface area contributed by atoms with Crippen LogP contribution in [-0.4, -0.2) is 29.1 Å². The Morgan fingerprint density at radius 2 is 1.86 bits per heavy atom. The van der Waals surface area contributed by atoms with Crippen molar-refractivity contribution >= 4 is 34.1 Å². The van der Waals surface area contributed by atoms with Crippen LogP contribution in [0.3, 0.4) is 0 Å². The zero-order valence-corrected chi connectivity index (χ0v) is 21.5. The molecule has 3 aromatic rings. The summed E-state index contributed by atoms with van der Waals surface area (Å²) in [5.41, 5.74) is 3.40. The van der Waals surface area contributed by atoms with E-state index in [0.717, 1.165) is 35.9 Å². The minimum atomic E-state index is -0.604. The van der Waals surface area contributed by atoms with Gasteiger partial charge < -0.3 is 20.2 Å². The van der Waals surface area contributed by atoms with Crippen molar-refractivity contribution in [2.45, 2.75) is 51.9 Å². The molecule has 5 atom stereocenters. The summed E-state index contributed by atoms with van der Waals surface area (Å²) < 4.78 is 5.45. The minimum absolute atomic E-state index is 0.0459. The Balaban J connectivity index is 1.51. The standard InChI is InChI=1S/C29H32N3O5/c1-29(2,3)15-9-11-17-19(13-15)24-25(26-23(17)18-7-5-6-8-20(18)30-26)28(34)31(27(24)33)21-12-10-16(32(35)36)14-22(21)37-4/h5-8,10,12,14-15,17,19,24-25,30,35H,9,11,13H2,1-4H3/q-1. The Labute approximate surface area is 215 Å². The van der Waals surface area contributed by atoms with E-state index < -0.39 is 11.8 Å². The van der Waals surface area contributed by atoms with E-state index >= 15 is 0 Å². The van der Waals surface area contributed by atoms with Crippen molar-refractivity contribution in [2.75, 3.05) is 17.2 Å². The van der Waals surface area contributed by atoms with E-state index in [2.05, 4.69) is 31.8 Å². The topological polar surface area (TPSA) is 109 Å². The fourth-order valence-electron chi connectivity index (χ4n) is 7.21. The number of carbonyl (C=O) groups is 2. The highest BCUT2D eigenvalue weighted by atomic mass is 16.8. The molecule has 1 aromatic heterocycles. The number of carbonyl (C=O) groups excluding carboxylic acids is 2. The molecule has 1 aliphatic heterocycles. The van der Waals surface area contributed by atoms with Crippen LogP contribution in [0.25, 0.3) is 10.9 Å².